The van der Waals surface area contributed by atoms with Gasteiger partial charge in [-0.05, 0) is 23.8 Å². The summed E-state index contributed by atoms with van der Waals surface area (Å²) in [6.07, 6.45) is 2.73. The molecule has 16 heavy (non-hydrogen) atoms. The van der Waals surface area contributed by atoms with E-state index in [1.54, 1.807) is 6.33 Å². The van der Waals surface area contributed by atoms with Gasteiger partial charge in [-0.15, -0.1) is 0 Å². The molecule has 0 fully saturated rings. The van der Waals surface area contributed by atoms with Crippen LogP contribution in [-0.4, -0.2) is 9.97 Å². The second-order valence-corrected chi connectivity index (χ2v) is 4.29. The standard InChI is InChI=1S/C12H20N2.C2H6/c1-6-10-11(8(2)3)13-7-14-12(10)9(4)5;1-2/h7-9H,6H2,1-5H3;1-2H3. The molecular formula is C14H26N2. The molecule has 0 spiro atoms. The lowest BCUT2D eigenvalue weighted by Crippen LogP contribution is -2.07. The zero-order chi connectivity index (χ0) is 12.7. The molecule has 92 valence electrons. The zero-order valence-corrected chi connectivity index (χ0v) is 11.8. The molecule has 1 heterocycles. The molecule has 1 aromatic rings. The minimum absolute atomic E-state index is 0.491. The third kappa shape index (κ3) is 3.58. The lowest BCUT2D eigenvalue weighted by Gasteiger charge is -2.15. The monoisotopic (exact) mass is 222 g/mol. The van der Waals surface area contributed by atoms with Crippen molar-refractivity contribution >= 4 is 0 Å². The van der Waals surface area contributed by atoms with Crippen LogP contribution in [-0.2, 0) is 6.42 Å². The predicted molar refractivity (Wildman–Crippen MR) is 70.9 cm³/mol. The molecule has 0 atom stereocenters. The molecule has 0 aliphatic heterocycles. The Morgan fingerprint density at radius 2 is 1.31 bits per heavy atom. The molecule has 0 saturated heterocycles. The average molecular weight is 222 g/mol. The van der Waals surface area contributed by atoms with Crippen molar-refractivity contribution < 1.29 is 0 Å². The van der Waals surface area contributed by atoms with Gasteiger partial charge < -0.3 is 0 Å². The van der Waals surface area contributed by atoms with Gasteiger partial charge >= 0.3 is 0 Å². The Balaban J connectivity index is 0.00000106. The Bertz CT molecular complexity index is 277. The van der Waals surface area contributed by atoms with Gasteiger partial charge in [-0.2, -0.15) is 0 Å². The molecule has 0 radical (unpaired) electrons. The molecule has 0 aromatic carbocycles. The van der Waals surface area contributed by atoms with Crippen molar-refractivity contribution in [2.75, 3.05) is 0 Å². The van der Waals surface area contributed by atoms with Crippen molar-refractivity contribution in [3.63, 3.8) is 0 Å². The van der Waals surface area contributed by atoms with Crippen molar-refractivity contribution in [3.05, 3.63) is 23.3 Å². The molecule has 0 bridgehead atoms. The van der Waals surface area contributed by atoms with Crippen LogP contribution in [0.25, 0.3) is 0 Å². The van der Waals surface area contributed by atoms with Crippen molar-refractivity contribution in [2.24, 2.45) is 0 Å². The first-order valence-corrected chi connectivity index (χ1v) is 6.41. The lowest BCUT2D eigenvalue weighted by atomic mass is 9.96. The van der Waals surface area contributed by atoms with E-state index in [9.17, 15) is 0 Å². The Kier molecular flexibility index (Phi) is 6.95. The fourth-order valence-electron chi connectivity index (χ4n) is 1.80. The van der Waals surface area contributed by atoms with Crippen LogP contribution < -0.4 is 0 Å². The minimum atomic E-state index is 0.491. The van der Waals surface area contributed by atoms with Crippen LogP contribution in [0.15, 0.2) is 6.33 Å². The van der Waals surface area contributed by atoms with E-state index in [0.29, 0.717) is 11.8 Å². The van der Waals surface area contributed by atoms with Gasteiger partial charge in [0.05, 0.1) is 0 Å². The van der Waals surface area contributed by atoms with Gasteiger partial charge in [0.1, 0.15) is 6.33 Å². The molecular weight excluding hydrogens is 196 g/mol. The number of aromatic nitrogens is 2. The molecule has 0 saturated carbocycles. The van der Waals surface area contributed by atoms with Crippen molar-refractivity contribution in [3.8, 4) is 0 Å². The molecule has 1 rings (SSSR count). The van der Waals surface area contributed by atoms with E-state index in [2.05, 4.69) is 44.6 Å². The summed E-state index contributed by atoms with van der Waals surface area (Å²) in [5.74, 6) is 0.982. The summed E-state index contributed by atoms with van der Waals surface area (Å²) in [6.45, 7) is 14.9. The quantitative estimate of drug-likeness (QED) is 0.761. The van der Waals surface area contributed by atoms with Crippen LogP contribution >= 0.6 is 0 Å². The minimum Gasteiger partial charge on any atom is -0.241 e. The highest BCUT2D eigenvalue weighted by Gasteiger charge is 2.14. The fraction of sp³-hybridized carbons (Fsp3) is 0.714. The van der Waals surface area contributed by atoms with Gasteiger partial charge in [0.2, 0.25) is 0 Å². The number of nitrogens with zero attached hydrogens (tertiary/aromatic N) is 2. The van der Waals surface area contributed by atoms with Gasteiger partial charge in [0.15, 0.2) is 0 Å². The van der Waals surface area contributed by atoms with E-state index in [4.69, 9.17) is 0 Å². The van der Waals surface area contributed by atoms with Crippen LogP contribution in [0.5, 0.6) is 0 Å². The first-order valence-electron chi connectivity index (χ1n) is 6.41. The summed E-state index contributed by atoms with van der Waals surface area (Å²) in [4.78, 5) is 8.76. The Labute approximate surface area is 101 Å². The van der Waals surface area contributed by atoms with Crippen molar-refractivity contribution in [1.82, 2.24) is 9.97 Å². The molecule has 1 aromatic heterocycles. The normalized spacial score (nSPS) is 10.3. The number of hydrogen-bond donors (Lipinski definition) is 0. The summed E-state index contributed by atoms with van der Waals surface area (Å²) in [5, 5.41) is 0. The predicted octanol–water partition coefficient (Wildman–Crippen LogP) is 4.31. The molecule has 0 unspecified atom stereocenters. The SMILES string of the molecule is CC.CCc1c(C(C)C)ncnc1C(C)C. The van der Waals surface area contributed by atoms with Crippen LogP contribution in [0.2, 0.25) is 0 Å². The molecule has 2 nitrogen and oxygen atoms in total. The number of hydrogen-bond acceptors (Lipinski definition) is 2. The third-order valence-electron chi connectivity index (χ3n) is 2.46. The smallest absolute Gasteiger partial charge is 0.115 e. The molecule has 0 aliphatic carbocycles. The summed E-state index contributed by atoms with van der Waals surface area (Å²) < 4.78 is 0. The second-order valence-electron chi connectivity index (χ2n) is 4.29. The largest absolute Gasteiger partial charge is 0.241 e. The summed E-state index contributed by atoms with van der Waals surface area (Å²) in [5.41, 5.74) is 3.77. The Morgan fingerprint density at radius 3 is 1.56 bits per heavy atom. The van der Waals surface area contributed by atoms with Crippen LogP contribution in [0, 0.1) is 0 Å². The van der Waals surface area contributed by atoms with Crippen molar-refractivity contribution in [1.29, 1.82) is 0 Å². The van der Waals surface area contributed by atoms with Crippen LogP contribution in [0.3, 0.4) is 0 Å². The van der Waals surface area contributed by atoms with Gasteiger partial charge in [-0.3, -0.25) is 0 Å². The zero-order valence-electron chi connectivity index (χ0n) is 11.8. The van der Waals surface area contributed by atoms with Crippen LogP contribution in [0.1, 0.15) is 77.3 Å². The molecule has 0 N–H and O–H groups in total. The molecule has 0 amide bonds. The van der Waals surface area contributed by atoms with Gasteiger partial charge in [-0.25, -0.2) is 9.97 Å². The molecule has 0 aliphatic rings. The van der Waals surface area contributed by atoms with Gasteiger partial charge in [0.25, 0.3) is 0 Å². The van der Waals surface area contributed by atoms with Gasteiger partial charge in [-0.1, -0.05) is 48.5 Å². The first kappa shape index (κ1) is 15.1. The maximum absolute atomic E-state index is 4.38. The van der Waals surface area contributed by atoms with E-state index in [0.717, 1.165) is 6.42 Å². The van der Waals surface area contributed by atoms with Crippen LogP contribution in [0.4, 0.5) is 0 Å². The van der Waals surface area contributed by atoms with Crippen molar-refractivity contribution in [2.45, 2.75) is 66.7 Å². The Morgan fingerprint density at radius 1 is 0.938 bits per heavy atom. The maximum Gasteiger partial charge on any atom is 0.115 e. The summed E-state index contributed by atoms with van der Waals surface area (Å²) >= 11 is 0. The first-order chi connectivity index (χ1) is 7.57. The third-order valence-corrected chi connectivity index (χ3v) is 2.46. The van der Waals surface area contributed by atoms with Gasteiger partial charge in [0, 0.05) is 11.4 Å². The second kappa shape index (κ2) is 7.37. The summed E-state index contributed by atoms with van der Waals surface area (Å²) in [7, 11) is 0. The highest BCUT2D eigenvalue weighted by atomic mass is 14.8. The Hall–Kier alpha value is -0.920. The summed E-state index contributed by atoms with van der Waals surface area (Å²) in [6, 6.07) is 0. The van der Waals surface area contributed by atoms with E-state index < -0.39 is 0 Å². The molecule has 2 heteroatoms. The van der Waals surface area contributed by atoms with E-state index in [1.807, 2.05) is 13.8 Å². The van der Waals surface area contributed by atoms with E-state index in [-0.39, 0.29) is 0 Å². The maximum atomic E-state index is 4.38. The highest BCUT2D eigenvalue weighted by Crippen LogP contribution is 2.24. The highest BCUT2D eigenvalue weighted by molar-refractivity contribution is 5.28. The van der Waals surface area contributed by atoms with E-state index >= 15 is 0 Å². The fourth-order valence-corrected chi connectivity index (χ4v) is 1.80. The van der Waals surface area contributed by atoms with E-state index in [1.165, 1.54) is 17.0 Å². The number of rotatable bonds is 3. The lowest BCUT2D eigenvalue weighted by molar-refractivity contribution is 0.734. The topological polar surface area (TPSA) is 25.8 Å². The average Bonchev–Trinajstić information content (AvgIpc) is 2.30.